The van der Waals surface area contributed by atoms with E-state index in [9.17, 15) is 9.50 Å². The Bertz CT molecular complexity index is 654. The number of aliphatic hydroxyl groups is 1. The molecule has 0 aromatic heterocycles. The highest BCUT2D eigenvalue weighted by Gasteiger charge is 2.16. The highest BCUT2D eigenvalue weighted by atomic mass is 19.1. The molecule has 0 spiro atoms. The van der Waals surface area contributed by atoms with Gasteiger partial charge in [-0.05, 0) is 41.8 Å². The van der Waals surface area contributed by atoms with E-state index in [-0.39, 0.29) is 5.82 Å². The van der Waals surface area contributed by atoms with Crippen LogP contribution in [0.2, 0.25) is 0 Å². The number of ether oxygens (including phenoxy) is 2. The van der Waals surface area contributed by atoms with E-state index in [0.29, 0.717) is 41.4 Å². The molecule has 2 aromatic rings. The minimum atomic E-state index is -0.891. The zero-order chi connectivity index (χ0) is 14.8. The molecule has 2 aromatic carbocycles. The van der Waals surface area contributed by atoms with Crippen LogP contribution in [0.25, 0.3) is 0 Å². The van der Waals surface area contributed by atoms with Gasteiger partial charge >= 0.3 is 0 Å². The fourth-order valence-corrected chi connectivity index (χ4v) is 2.32. The number of aryl methyl sites for hydroxylation is 1. The van der Waals surface area contributed by atoms with Gasteiger partial charge in [-0.2, -0.15) is 0 Å². The van der Waals surface area contributed by atoms with E-state index in [1.165, 1.54) is 6.07 Å². The van der Waals surface area contributed by atoms with Crippen molar-refractivity contribution in [1.82, 2.24) is 0 Å². The standard InChI is InChI=1S/C17H17FO3/c1-11-3-4-12(9-14(11)18)17(19)13-5-6-15-16(10-13)21-8-2-7-20-15/h3-6,9-10,17,19H,2,7-8H2,1H3. The van der Waals surface area contributed by atoms with Crippen LogP contribution in [0, 0.1) is 12.7 Å². The Labute approximate surface area is 122 Å². The Morgan fingerprint density at radius 3 is 2.43 bits per heavy atom. The van der Waals surface area contributed by atoms with Crippen LogP contribution in [-0.2, 0) is 0 Å². The van der Waals surface area contributed by atoms with E-state index in [0.717, 1.165) is 6.42 Å². The van der Waals surface area contributed by atoms with Gasteiger partial charge in [-0.15, -0.1) is 0 Å². The molecule has 0 saturated heterocycles. The van der Waals surface area contributed by atoms with Crippen molar-refractivity contribution in [3.63, 3.8) is 0 Å². The summed E-state index contributed by atoms with van der Waals surface area (Å²) in [5.41, 5.74) is 1.74. The fourth-order valence-electron chi connectivity index (χ4n) is 2.32. The van der Waals surface area contributed by atoms with Gasteiger partial charge in [0.05, 0.1) is 13.2 Å². The number of fused-ring (bicyclic) bond motifs is 1. The van der Waals surface area contributed by atoms with E-state index in [1.54, 1.807) is 37.3 Å². The smallest absolute Gasteiger partial charge is 0.161 e. The van der Waals surface area contributed by atoms with Gasteiger partial charge in [0.1, 0.15) is 11.9 Å². The van der Waals surface area contributed by atoms with Crippen LogP contribution in [0.15, 0.2) is 36.4 Å². The third-order valence-corrected chi connectivity index (χ3v) is 3.60. The summed E-state index contributed by atoms with van der Waals surface area (Å²) in [7, 11) is 0. The maximum atomic E-state index is 13.6. The van der Waals surface area contributed by atoms with Gasteiger partial charge in [0.15, 0.2) is 11.5 Å². The second-order valence-corrected chi connectivity index (χ2v) is 5.17. The highest BCUT2D eigenvalue weighted by Crippen LogP contribution is 2.34. The summed E-state index contributed by atoms with van der Waals surface area (Å²) in [6.07, 6.45) is -0.0623. The minimum absolute atomic E-state index is 0.319. The Morgan fingerprint density at radius 1 is 1.00 bits per heavy atom. The molecule has 110 valence electrons. The van der Waals surface area contributed by atoms with Crippen LogP contribution >= 0.6 is 0 Å². The molecule has 0 fully saturated rings. The van der Waals surface area contributed by atoms with Gasteiger partial charge < -0.3 is 14.6 Å². The maximum absolute atomic E-state index is 13.6. The lowest BCUT2D eigenvalue weighted by atomic mass is 10.00. The van der Waals surface area contributed by atoms with Crippen molar-refractivity contribution in [2.24, 2.45) is 0 Å². The molecule has 0 bridgehead atoms. The predicted molar refractivity (Wildman–Crippen MR) is 77.2 cm³/mol. The fraction of sp³-hybridized carbons (Fsp3) is 0.294. The summed E-state index contributed by atoms with van der Waals surface area (Å²) in [5, 5.41) is 10.4. The van der Waals surface area contributed by atoms with Gasteiger partial charge in [0.2, 0.25) is 0 Å². The lowest BCUT2D eigenvalue weighted by molar-refractivity contribution is 0.219. The summed E-state index contributed by atoms with van der Waals surface area (Å²) < 4.78 is 24.8. The second-order valence-electron chi connectivity index (χ2n) is 5.17. The van der Waals surface area contributed by atoms with E-state index in [2.05, 4.69) is 0 Å². The molecule has 0 aliphatic carbocycles. The molecule has 0 amide bonds. The molecule has 1 unspecified atom stereocenters. The Morgan fingerprint density at radius 2 is 1.67 bits per heavy atom. The Balaban J connectivity index is 1.92. The van der Waals surface area contributed by atoms with Crippen molar-refractivity contribution in [3.8, 4) is 11.5 Å². The first-order chi connectivity index (χ1) is 10.1. The van der Waals surface area contributed by atoms with Gasteiger partial charge in [0.25, 0.3) is 0 Å². The van der Waals surface area contributed by atoms with Crippen LogP contribution in [-0.4, -0.2) is 18.3 Å². The van der Waals surface area contributed by atoms with E-state index in [4.69, 9.17) is 9.47 Å². The van der Waals surface area contributed by atoms with Crippen molar-refractivity contribution < 1.29 is 19.0 Å². The summed E-state index contributed by atoms with van der Waals surface area (Å²) in [6.45, 7) is 2.91. The first kappa shape index (κ1) is 13.9. The van der Waals surface area contributed by atoms with Crippen molar-refractivity contribution >= 4 is 0 Å². The SMILES string of the molecule is Cc1ccc(C(O)c2ccc3c(c2)OCCCO3)cc1F. The molecule has 3 rings (SSSR count). The van der Waals surface area contributed by atoms with E-state index in [1.807, 2.05) is 0 Å². The van der Waals surface area contributed by atoms with Crippen molar-refractivity contribution in [1.29, 1.82) is 0 Å². The topological polar surface area (TPSA) is 38.7 Å². The number of hydrogen-bond acceptors (Lipinski definition) is 3. The second kappa shape index (κ2) is 5.74. The molecule has 0 radical (unpaired) electrons. The van der Waals surface area contributed by atoms with Crippen molar-refractivity contribution in [2.75, 3.05) is 13.2 Å². The first-order valence-electron chi connectivity index (χ1n) is 6.99. The molecule has 1 N–H and O–H groups in total. The number of rotatable bonds is 2. The van der Waals surface area contributed by atoms with Gasteiger partial charge in [0, 0.05) is 6.42 Å². The molecular formula is C17H17FO3. The number of benzene rings is 2. The molecule has 1 heterocycles. The maximum Gasteiger partial charge on any atom is 0.161 e. The molecule has 4 heteroatoms. The third kappa shape index (κ3) is 2.85. The predicted octanol–water partition coefficient (Wildman–Crippen LogP) is 3.38. The van der Waals surface area contributed by atoms with E-state index < -0.39 is 6.10 Å². The summed E-state index contributed by atoms with van der Waals surface area (Å²) in [5.74, 6) is 0.982. The van der Waals surface area contributed by atoms with E-state index >= 15 is 0 Å². The van der Waals surface area contributed by atoms with Crippen LogP contribution in [0.4, 0.5) is 4.39 Å². The molecular weight excluding hydrogens is 271 g/mol. The number of halogens is 1. The van der Waals surface area contributed by atoms with Crippen LogP contribution in [0.5, 0.6) is 11.5 Å². The van der Waals surface area contributed by atoms with Gasteiger partial charge in [-0.3, -0.25) is 0 Å². The number of aliphatic hydroxyl groups excluding tert-OH is 1. The third-order valence-electron chi connectivity index (χ3n) is 3.60. The zero-order valence-corrected chi connectivity index (χ0v) is 11.8. The summed E-state index contributed by atoms with van der Waals surface area (Å²) >= 11 is 0. The summed E-state index contributed by atoms with van der Waals surface area (Å²) in [6, 6.07) is 10.1. The summed E-state index contributed by atoms with van der Waals surface area (Å²) in [4.78, 5) is 0. The van der Waals surface area contributed by atoms with Crippen LogP contribution < -0.4 is 9.47 Å². The van der Waals surface area contributed by atoms with Crippen molar-refractivity contribution in [3.05, 3.63) is 58.9 Å². The Hall–Kier alpha value is -2.07. The Kier molecular flexibility index (Phi) is 3.80. The molecule has 1 aliphatic rings. The van der Waals surface area contributed by atoms with Crippen molar-refractivity contribution in [2.45, 2.75) is 19.4 Å². The number of hydrogen-bond donors (Lipinski definition) is 1. The average molecular weight is 288 g/mol. The molecule has 0 saturated carbocycles. The first-order valence-corrected chi connectivity index (χ1v) is 6.99. The lowest BCUT2D eigenvalue weighted by Gasteiger charge is -2.15. The van der Waals surface area contributed by atoms with Gasteiger partial charge in [-0.1, -0.05) is 18.2 Å². The highest BCUT2D eigenvalue weighted by molar-refractivity contribution is 5.45. The zero-order valence-electron chi connectivity index (χ0n) is 11.8. The lowest BCUT2D eigenvalue weighted by Crippen LogP contribution is -2.02. The molecule has 1 atom stereocenters. The molecule has 21 heavy (non-hydrogen) atoms. The largest absolute Gasteiger partial charge is 0.490 e. The quantitative estimate of drug-likeness (QED) is 0.920. The normalized spacial score (nSPS) is 15.4. The molecule has 3 nitrogen and oxygen atoms in total. The molecule has 1 aliphatic heterocycles. The minimum Gasteiger partial charge on any atom is -0.490 e. The van der Waals surface area contributed by atoms with Crippen LogP contribution in [0.1, 0.15) is 29.2 Å². The monoisotopic (exact) mass is 288 g/mol. The average Bonchev–Trinajstić information content (AvgIpc) is 2.73. The van der Waals surface area contributed by atoms with Gasteiger partial charge in [-0.25, -0.2) is 4.39 Å². The van der Waals surface area contributed by atoms with Crippen LogP contribution in [0.3, 0.4) is 0 Å².